The zero-order valence-corrected chi connectivity index (χ0v) is 5.27. The first-order chi connectivity index (χ1) is 4.13. The summed E-state index contributed by atoms with van der Waals surface area (Å²) in [5.41, 5.74) is 0.389. The SMILES string of the molecule is CC1=C(F)C(=O)OC1C. The first-order valence-electron chi connectivity index (χ1n) is 2.70. The second-order valence-electron chi connectivity index (χ2n) is 2.04. The number of halogens is 1. The summed E-state index contributed by atoms with van der Waals surface area (Å²) in [5, 5.41) is 0. The third kappa shape index (κ3) is 0.823. The van der Waals surface area contributed by atoms with Gasteiger partial charge in [-0.1, -0.05) is 0 Å². The van der Waals surface area contributed by atoms with Crippen LogP contribution in [0.25, 0.3) is 0 Å². The zero-order valence-electron chi connectivity index (χ0n) is 5.27. The molecule has 0 amide bonds. The van der Waals surface area contributed by atoms with E-state index in [2.05, 4.69) is 4.74 Å². The van der Waals surface area contributed by atoms with Crippen LogP contribution in [-0.4, -0.2) is 12.1 Å². The summed E-state index contributed by atoms with van der Waals surface area (Å²) >= 11 is 0. The zero-order chi connectivity index (χ0) is 7.02. The molecule has 0 aromatic carbocycles. The Balaban J connectivity index is 2.92. The lowest BCUT2D eigenvalue weighted by Gasteiger charge is -1.99. The summed E-state index contributed by atoms with van der Waals surface area (Å²) < 4.78 is 16.9. The molecular weight excluding hydrogens is 123 g/mol. The van der Waals surface area contributed by atoms with Crippen molar-refractivity contribution in [1.82, 2.24) is 0 Å². The minimum atomic E-state index is -0.833. The van der Waals surface area contributed by atoms with Gasteiger partial charge >= 0.3 is 5.97 Å². The molecule has 0 aromatic heterocycles. The summed E-state index contributed by atoms with van der Waals surface area (Å²) in [6.07, 6.45) is -0.377. The van der Waals surface area contributed by atoms with Crippen LogP contribution in [-0.2, 0) is 9.53 Å². The average molecular weight is 130 g/mol. The highest BCUT2D eigenvalue weighted by atomic mass is 19.1. The van der Waals surface area contributed by atoms with Crippen molar-refractivity contribution < 1.29 is 13.9 Å². The van der Waals surface area contributed by atoms with Gasteiger partial charge in [-0.2, -0.15) is 4.39 Å². The number of cyclic esters (lactones) is 1. The van der Waals surface area contributed by atoms with Crippen LogP contribution in [0.5, 0.6) is 0 Å². The number of ether oxygens (including phenoxy) is 1. The van der Waals surface area contributed by atoms with Crippen LogP contribution in [0, 0.1) is 0 Å². The minimum absolute atomic E-state index is 0.377. The Hall–Kier alpha value is -0.860. The Kier molecular flexibility index (Phi) is 1.27. The van der Waals surface area contributed by atoms with Gasteiger partial charge in [-0.05, 0) is 13.8 Å². The maximum atomic E-state index is 12.4. The van der Waals surface area contributed by atoms with Gasteiger partial charge in [0.2, 0.25) is 5.83 Å². The number of carbonyl (C=O) groups excluding carboxylic acids is 1. The van der Waals surface area contributed by atoms with Gasteiger partial charge in [0, 0.05) is 5.57 Å². The summed E-state index contributed by atoms with van der Waals surface area (Å²) in [7, 11) is 0. The molecule has 1 aliphatic heterocycles. The fraction of sp³-hybridized carbons (Fsp3) is 0.500. The first-order valence-corrected chi connectivity index (χ1v) is 2.70. The Morgan fingerprint density at radius 1 is 1.67 bits per heavy atom. The molecule has 0 fully saturated rings. The van der Waals surface area contributed by atoms with Crippen molar-refractivity contribution >= 4 is 5.97 Å². The van der Waals surface area contributed by atoms with E-state index >= 15 is 0 Å². The van der Waals surface area contributed by atoms with Crippen LogP contribution in [0.4, 0.5) is 4.39 Å². The third-order valence-corrected chi connectivity index (χ3v) is 1.42. The van der Waals surface area contributed by atoms with Crippen LogP contribution >= 0.6 is 0 Å². The van der Waals surface area contributed by atoms with Crippen LogP contribution in [0.2, 0.25) is 0 Å². The van der Waals surface area contributed by atoms with Crippen LogP contribution in [0.1, 0.15) is 13.8 Å². The predicted octanol–water partition coefficient (Wildman–Crippen LogP) is 1.18. The van der Waals surface area contributed by atoms with E-state index in [-0.39, 0.29) is 6.10 Å². The lowest BCUT2D eigenvalue weighted by molar-refractivity contribution is -0.140. The second-order valence-corrected chi connectivity index (χ2v) is 2.04. The standard InChI is InChI=1S/C6H7FO2/c1-3-4(2)9-6(8)5(3)7/h4H,1-2H3. The van der Waals surface area contributed by atoms with Crippen molar-refractivity contribution in [3.05, 3.63) is 11.4 Å². The molecule has 3 heteroatoms. The highest BCUT2D eigenvalue weighted by Gasteiger charge is 2.27. The molecule has 1 atom stereocenters. The van der Waals surface area contributed by atoms with Gasteiger partial charge < -0.3 is 4.74 Å². The van der Waals surface area contributed by atoms with Crippen molar-refractivity contribution in [3.63, 3.8) is 0 Å². The fourth-order valence-corrected chi connectivity index (χ4v) is 0.640. The molecule has 1 unspecified atom stereocenters. The van der Waals surface area contributed by atoms with Crippen molar-refractivity contribution in [2.45, 2.75) is 20.0 Å². The van der Waals surface area contributed by atoms with Gasteiger partial charge in [-0.25, -0.2) is 4.79 Å². The van der Waals surface area contributed by atoms with Crippen molar-refractivity contribution in [2.24, 2.45) is 0 Å². The quantitative estimate of drug-likeness (QED) is 0.460. The van der Waals surface area contributed by atoms with Crippen molar-refractivity contribution in [3.8, 4) is 0 Å². The topological polar surface area (TPSA) is 26.3 Å². The second kappa shape index (κ2) is 1.83. The van der Waals surface area contributed by atoms with E-state index in [1.165, 1.54) is 0 Å². The molecule has 0 saturated carbocycles. The number of hydrogen-bond donors (Lipinski definition) is 0. The van der Waals surface area contributed by atoms with E-state index in [1.807, 2.05) is 0 Å². The Bertz CT molecular complexity index is 183. The molecule has 9 heavy (non-hydrogen) atoms. The van der Waals surface area contributed by atoms with E-state index in [0.717, 1.165) is 0 Å². The largest absolute Gasteiger partial charge is 0.453 e. The van der Waals surface area contributed by atoms with Crippen LogP contribution in [0.15, 0.2) is 11.4 Å². The maximum absolute atomic E-state index is 12.4. The van der Waals surface area contributed by atoms with E-state index in [0.29, 0.717) is 5.57 Å². The van der Waals surface area contributed by atoms with Crippen molar-refractivity contribution in [1.29, 1.82) is 0 Å². The predicted molar refractivity (Wildman–Crippen MR) is 29.4 cm³/mol. The first kappa shape index (κ1) is 6.26. The molecule has 0 radical (unpaired) electrons. The van der Waals surface area contributed by atoms with Gasteiger partial charge in [0.05, 0.1) is 0 Å². The number of rotatable bonds is 0. The lowest BCUT2D eigenvalue weighted by Crippen LogP contribution is -2.04. The monoisotopic (exact) mass is 130 g/mol. The Morgan fingerprint density at radius 3 is 2.33 bits per heavy atom. The number of carbonyl (C=O) groups is 1. The molecule has 2 nitrogen and oxygen atoms in total. The Labute approximate surface area is 52.3 Å². The highest BCUT2D eigenvalue weighted by Crippen LogP contribution is 2.21. The van der Waals surface area contributed by atoms with E-state index in [4.69, 9.17) is 0 Å². The summed E-state index contributed by atoms with van der Waals surface area (Å²) in [6, 6.07) is 0. The lowest BCUT2D eigenvalue weighted by atomic mass is 10.2. The molecule has 50 valence electrons. The molecule has 0 aromatic rings. The van der Waals surface area contributed by atoms with Crippen LogP contribution < -0.4 is 0 Å². The van der Waals surface area contributed by atoms with E-state index in [1.54, 1.807) is 13.8 Å². The molecule has 0 saturated heterocycles. The van der Waals surface area contributed by atoms with E-state index < -0.39 is 11.8 Å². The van der Waals surface area contributed by atoms with Gasteiger partial charge in [0.1, 0.15) is 6.10 Å². The third-order valence-electron chi connectivity index (χ3n) is 1.42. The molecule has 0 N–H and O–H groups in total. The highest BCUT2D eigenvalue weighted by molar-refractivity contribution is 5.89. The molecule has 1 aliphatic rings. The smallest absolute Gasteiger partial charge is 0.367 e. The molecular formula is C6H7FO2. The number of hydrogen-bond acceptors (Lipinski definition) is 2. The molecule has 1 rings (SSSR count). The molecule has 0 bridgehead atoms. The average Bonchev–Trinajstić information content (AvgIpc) is 1.98. The summed E-state index contributed by atoms with van der Waals surface area (Å²) in [6.45, 7) is 3.19. The summed E-state index contributed by atoms with van der Waals surface area (Å²) in [5.74, 6) is -1.57. The molecule has 0 spiro atoms. The fourth-order valence-electron chi connectivity index (χ4n) is 0.640. The molecule has 1 heterocycles. The van der Waals surface area contributed by atoms with Gasteiger partial charge in [0.25, 0.3) is 0 Å². The van der Waals surface area contributed by atoms with Crippen LogP contribution in [0.3, 0.4) is 0 Å². The van der Waals surface area contributed by atoms with Crippen molar-refractivity contribution in [2.75, 3.05) is 0 Å². The molecule has 0 aliphatic carbocycles. The maximum Gasteiger partial charge on any atom is 0.367 e. The minimum Gasteiger partial charge on any atom is -0.453 e. The van der Waals surface area contributed by atoms with Gasteiger partial charge in [-0.3, -0.25) is 0 Å². The normalized spacial score (nSPS) is 27.0. The summed E-state index contributed by atoms with van der Waals surface area (Å²) in [4.78, 5) is 10.3. The van der Waals surface area contributed by atoms with E-state index in [9.17, 15) is 9.18 Å². The Morgan fingerprint density at radius 2 is 2.22 bits per heavy atom. The number of esters is 1. The van der Waals surface area contributed by atoms with Gasteiger partial charge in [0.15, 0.2) is 0 Å². The van der Waals surface area contributed by atoms with Gasteiger partial charge in [-0.15, -0.1) is 0 Å².